The highest BCUT2D eigenvalue weighted by atomic mass is 32.2. The molecule has 1 atom stereocenters. The number of hydrogen-bond donors (Lipinski definition) is 0. The predicted molar refractivity (Wildman–Crippen MR) is 103 cm³/mol. The number of carbonyl (C=O) groups excluding carboxylic acids is 1. The van der Waals surface area contributed by atoms with E-state index in [0.717, 1.165) is 31.1 Å². The zero-order valence-corrected chi connectivity index (χ0v) is 15.4. The average Bonchev–Trinajstić information content (AvgIpc) is 3.03. The number of benzene rings is 2. The summed E-state index contributed by atoms with van der Waals surface area (Å²) in [6, 6.07) is 14.5. The number of anilines is 2. The number of ether oxygens (including phenoxy) is 1. The van der Waals surface area contributed by atoms with Crippen molar-refractivity contribution >= 4 is 29.3 Å². The molecule has 0 aromatic heterocycles. The SMILES string of the molecule is CCC1CN2CSN(Cc3ccccc3)c3cc(C(=O)OC)cc1c32. The van der Waals surface area contributed by atoms with Gasteiger partial charge >= 0.3 is 5.97 Å². The maximum atomic E-state index is 12.2. The molecule has 130 valence electrons. The highest BCUT2D eigenvalue weighted by molar-refractivity contribution is 8.00. The van der Waals surface area contributed by atoms with E-state index in [0.29, 0.717) is 11.5 Å². The standard InChI is InChI=1S/C20H22N2O2S/c1-3-15-12-21-13-25-22(11-14-7-5-4-6-8-14)18-10-16(20(23)24-2)9-17(15)19(18)21/h4-10,15H,3,11-13H2,1-2H3. The fourth-order valence-electron chi connectivity index (χ4n) is 3.73. The van der Waals surface area contributed by atoms with Crippen LogP contribution in [0.2, 0.25) is 0 Å². The first kappa shape index (κ1) is 16.3. The predicted octanol–water partition coefficient (Wildman–Crippen LogP) is 4.41. The lowest BCUT2D eigenvalue weighted by Gasteiger charge is -2.35. The van der Waals surface area contributed by atoms with Crippen molar-refractivity contribution in [2.24, 2.45) is 0 Å². The molecule has 0 radical (unpaired) electrons. The molecule has 0 N–H and O–H groups in total. The van der Waals surface area contributed by atoms with Crippen LogP contribution in [0, 0.1) is 0 Å². The van der Waals surface area contributed by atoms with Crippen molar-refractivity contribution in [3.8, 4) is 0 Å². The molecule has 0 aliphatic carbocycles. The van der Waals surface area contributed by atoms with Crippen LogP contribution < -0.4 is 9.21 Å². The van der Waals surface area contributed by atoms with Crippen molar-refractivity contribution in [2.45, 2.75) is 25.8 Å². The molecule has 4 rings (SSSR count). The summed E-state index contributed by atoms with van der Waals surface area (Å²) in [5.41, 5.74) is 5.64. The smallest absolute Gasteiger partial charge is 0.337 e. The van der Waals surface area contributed by atoms with E-state index in [2.05, 4.69) is 40.4 Å². The lowest BCUT2D eigenvalue weighted by Crippen LogP contribution is -2.31. The minimum atomic E-state index is -0.261. The molecule has 25 heavy (non-hydrogen) atoms. The first-order valence-electron chi connectivity index (χ1n) is 8.66. The van der Waals surface area contributed by atoms with Gasteiger partial charge in [-0.1, -0.05) is 37.3 Å². The summed E-state index contributed by atoms with van der Waals surface area (Å²) in [6.07, 6.45) is 1.08. The van der Waals surface area contributed by atoms with Crippen LogP contribution in [0.3, 0.4) is 0 Å². The maximum Gasteiger partial charge on any atom is 0.337 e. The van der Waals surface area contributed by atoms with Crippen molar-refractivity contribution in [3.05, 3.63) is 59.2 Å². The highest BCUT2D eigenvalue weighted by Gasteiger charge is 2.36. The number of carbonyl (C=O) groups is 1. The third-order valence-corrected chi connectivity index (χ3v) is 6.10. The molecule has 4 nitrogen and oxygen atoms in total. The Morgan fingerprint density at radius 3 is 2.80 bits per heavy atom. The van der Waals surface area contributed by atoms with E-state index in [4.69, 9.17) is 4.74 Å². The molecule has 2 aromatic carbocycles. The van der Waals surface area contributed by atoms with Gasteiger partial charge in [-0.15, -0.1) is 0 Å². The lowest BCUT2D eigenvalue weighted by atomic mass is 9.96. The second kappa shape index (κ2) is 6.64. The number of esters is 1. The summed E-state index contributed by atoms with van der Waals surface area (Å²) in [7, 11) is 1.45. The number of methoxy groups -OCH3 is 1. The van der Waals surface area contributed by atoms with Crippen molar-refractivity contribution < 1.29 is 9.53 Å². The number of hydrogen-bond acceptors (Lipinski definition) is 5. The summed E-state index contributed by atoms with van der Waals surface area (Å²) in [4.78, 5) is 14.6. The molecule has 0 saturated carbocycles. The quantitative estimate of drug-likeness (QED) is 0.600. The second-order valence-corrected chi connectivity index (χ2v) is 7.49. The Morgan fingerprint density at radius 1 is 1.28 bits per heavy atom. The van der Waals surface area contributed by atoms with E-state index in [-0.39, 0.29) is 5.97 Å². The lowest BCUT2D eigenvalue weighted by molar-refractivity contribution is 0.0600. The molecule has 2 aromatic rings. The van der Waals surface area contributed by atoms with Gasteiger partial charge in [0.1, 0.15) is 0 Å². The Hall–Kier alpha value is -2.14. The van der Waals surface area contributed by atoms with Gasteiger partial charge in [-0.25, -0.2) is 4.79 Å². The summed E-state index contributed by atoms with van der Waals surface area (Å²) in [6.45, 7) is 4.08. The van der Waals surface area contributed by atoms with Crippen LogP contribution in [0.5, 0.6) is 0 Å². The number of rotatable bonds is 4. The zero-order valence-electron chi connectivity index (χ0n) is 14.6. The fourth-order valence-corrected chi connectivity index (χ4v) is 4.77. The van der Waals surface area contributed by atoms with E-state index in [9.17, 15) is 4.79 Å². The van der Waals surface area contributed by atoms with Crippen LogP contribution in [0.4, 0.5) is 11.4 Å². The average molecular weight is 354 g/mol. The Kier molecular flexibility index (Phi) is 4.34. The second-order valence-electron chi connectivity index (χ2n) is 6.53. The Morgan fingerprint density at radius 2 is 2.08 bits per heavy atom. The van der Waals surface area contributed by atoms with Gasteiger partial charge in [0.2, 0.25) is 0 Å². The Balaban J connectivity index is 1.78. The third-order valence-electron chi connectivity index (χ3n) is 5.04. The van der Waals surface area contributed by atoms with Gasteiger partial charge in [0.05, 0.1) is 36.5 Å². The maximum absolute atomic E-state index is 12.2. The van der Waals surface area contributed by atoms with Gasteiger partial charge in [-0.05, 0) is 41.6 Å². The monoisotopic (exact) mass is 354 g/mol. The highest BCUT2D eigenvalue weighted by Crippen LogP contribution is 2.50. The minimum absolute atomic E-state index is 0.261. The van der Waals surface area contributed by atoms with Crippen LogP contribution in [-0.2, 0) is 11.3 Å². The van der Waals surface area contributed by atoms with Crippen LogP contribution in [-0.4, -0.2) is 25.5 Å². The molecule has 5 heteroatoms. The van der Waals surface area contributed by atoms with Crippen molar-refractivity contribution in [3.63, 3.8) is 0 Å². The van der Waals surface area contributed by atoms with Gasteiger partial charge in [0.15, 0.2) is 0 Å². The molecular formula is C20H22N2O2S. The molecule has 2 aliphatic rings. The van der Waals surface area contributed by atoms with Crippen molar-refractivity contribution in [1.29, 1.82) is 0 Å². The summed E-state index contributed by atoms with van der Waals surface area (Å²) in [5, 5.41) is 0. The van der Waals surface area contributed by atoms with Gasteiger partial charge in [-0.2, -0.15) is 0 Å². The fraction of sp³-hybridized carbons (Fsp3) is 0.350. The summed E-state index contributed by atoms with van der Waals surface area (Å²) >= 11 is 1.81. The first-order chi connectivity index (χ1) is 12.2. The summed E-state index contributed by atoms with van der Waals surface area (Å²) < 4.78 is 7.30. The van der Waals surface area contributed by atoms with Gasteiger partial charge in [0, 0.05) is 12.5 Å². The van der Waals surface area contributed by atoms with Crippen molar-refractivity contribution in [2.75, 3.05) is 28.7 Å². The molecule has 1 unspecified atom stereocenters. The normalized spacial score (nSPS) is 18.2. The Labute approximate surface area is 152 Å². The molecule has 0 saturated heterocycles. The van der Waals surface area contributed by atoms with Gasteiger partial charge in [0.25, 0.3) is 0 Å². The van der Waals surface area contributed by atoms with Gasteiger partial charge in [-0.3, -0.25) is 0 Å². The van der Waals surface area contributed by atoms with Crippen LogP contribution in [0.15, 0.2) is 42.5 Å². The zero-order chi connectivity index (χ0) is 17.4. The first-order valence-corrected chi connectivity index (χ1v) is 9.61. The largest absolute Gasteiger partial charge is 0.465 e. The number of nitrogens with zero attached hydrogens (tertiary/aromatic N) is 2. The van der Waals surface area contributed by atoms with E-state index in [1.165, 1.54) is 23.9 Å². The van der Waals surface area contributed by atoms with E-state index in [1.807, 2.05) is 30.1 Å². The molecule has 2 aliphatic heterocycles. The van der Waals surface area contributed by atoms with E-state index >= 15 is 0 Å². The molecule has 0 fully saturated rings. The summed E-state index contributed by atoms with van der Waals surface area (Å²) in [5.74, 6) is 1.18. The van der Waals surface area contributed by atoms with Crippen molar-refractivity contribution in [1.82, 2.24) is 0 Å². The van der Waals surface area contributed by atoms with Gasteiger partial charge < -0.3 is 13.9 Å². The van der Waals surface area contributed by atoms with Crippen LogP contribution in [0.1, 0.15) is 40.7 Å². The molecule has 2 heterocycles. The molecule has 0 amide bonds. The molecule has 0 bridgehead atoms. The van der Waals surface area contributed by atoms with Crippen LogP contribution >= 0.6 is 11.9 Å². The topological polar surface area (TPSA) is 32.8 Å². The van der Waals surface area contributed by atoms with E-state index < -0.39 is 0 Å². The third kappa shape index (κ3) is 2.86. The van der Waals surface area contributed by atoms with E-state index in [1.54, 1.807) is 0 Å². The molecule has 0 spiro atoms. The van der Waals surface area contributed by atoms with Crippen LogP contribution in [0.25, 0.3) is 0 Å². The Bertz CT molecular complexity index is 794. The molecular weight excluding hydrogens is 332 g/mol. The minimum Gasteiger partial charge on any atom is -0.465 e.